The molecule has 1 aliphatic rings. The normalized spacial score (nSPS) is 17.7. The zero-order valence-electron chi connectivity index (χ0n) is 12.4. The van der Waals surface area contributed by atoms with Gasteiger partial charge in [0, 0.05) is 20.6 Å². The number of carbonyl (C=O) groups is 2. The fourth-order valence-electron chi connectivity index (χ4n) is 2.73. The molecule has 2 amide bonds. The fourth-order valence-corrected chi connectivity index (χ4v) is 2.73. The molecule has 0 aliphatic carbocycles. The van der Waals surface area contributed by atoms with Crippen molar-refractivity contribution in [3.05, 3.63) is 35.8 Å². The number of H-pyrrole nitrogens is 1. The van der Waals surface area contributed by atoms with Crippen molar-refractivity contribution in [2.24, 2.45) is 0 Å². The van der Waals surface area contributed by atoms with Gasteiger partial charge < -0.3 is 14.2 Å². The van der Waals surface area contributed by atoms with E-state index in [1.54, 1.807) is 19.0 Å². The van der Waals surface area contributed by atoms with Crippen LogP contribution in [0, 0.1) is 0 Å². The summed E-state index contributed by atoms with van der Waals surface area (Å²) in [4.78, 5) is 31.7. The van der Waals surface area contributed by atoms with Gasteiger partial charge in [0.05, 0.1) is 29.7 Å². The average Bonchev–Trinajstić information content (AvgIpc) is 3.23. The van der Waals surface area contributed by atoms with Gasteiger partial charge in [0.15, 0.2) is 6.39 Å². The number of nitrogens with one attached hydrogen (secondary N) is 1. The highest BCUT2D eigenvalue weighted by Crippen LogP contribution is 2.33. The summed E-state index contributed by atoms with van der Waals surface area (Å²) in [5.41, 5.74) is 1.16. The summed E-state index contributed by atoms with van der Waals surface area (Å²) in [6.07, 6.45) is 5.77. The van der Waals surface area contributed by atoms with Gasteiger partial charge in [-0.15, -0.1) is 0 Å². The molecule has 0 spiro atoms. The third-order valence-electron chi connectivity index (χ3n) is 3.80. The molecule has 8 nitrogen and oxygen atoms in total. The maximum absolute atomic E-state index is 12.5. The van der Waals surface area contributed by atoms with E-state index < -0.39 is 0 Å². The van der Waals surface area contributed by atoms with E-state index in [9.17, 15) is 9.59 Å². The maximum Gasteiger partial charge on any atom is 0.291 e. The predicted octanol–water partition coefficient (Wildman–Crippen LogP) is 1.08. The number of hydrogen-bond acceptors (Lipinski definition) is 5. The number of nitrogens with zero attached hydrogens (tertiary/aromatic N) is 4. The highest BCUT2D eigenvalue weighted by Gasteiger charge is 2.35. The van der Waals surface area contributed by atoms with Crippen LogP contribution in [0.5, 0.6) is 0 Å². The topological polar surface area (TPSA) is 95.3 Å². The highest BCUT2D eigenvalue weighted by atomic mass is 16.3. The molecule has 1 fully saturated rings. The first-order valence-corrected chi connectivity index (χ1v) is 7.04. The predicted molar refractivity (Wildman–Crippen MR) is 76.1 cm³/mol. The Morgan fingerprint density at radius 2 is 2.23 bits per heavy atom. The summed E-state index contributed by atoms with van der Waals surface area (Å²) < 4.78 is 5.09. The summed E-state index contributed by atoms with van der Waals surface area (Å²) in [5.74, 6) is -0.160. The number of carbonyl (C=O) groups excluding carboxylic acids is 2. The minimum Gasteiger partial charge on any atom is -0.438 e. The van der Waals surface area contributed by atoms with Crippen LogP contribution in [0.1, 0.15) is 45.5 Å². The van der Waals surface area contributed by atoms with Crippen LogP contribution in [-0.4, -0.2) is 57.4 Å². The van der Waals surface area contributed by atoms with Gasteiger partial charge in [-0.1, -0.05) is 0 Å². The SMILES string of the molecule is CN(C)C(=O)c1cn[nH]c1C1CCCN1C(=O)c1cnco1. The first-order valence-electron chi connectivity index (χ1n) is 7.04. The fraction of sp³-hybridized carbons (Fsp3) is 0.429. The molecule has 8 heteroatoms. The Kier molecular flexibility index (Phi) is 3.66. The summed E-state index contributed by atoms with van der Waals surface area (Å²) in [6.45, 7) is 0.610. The van der Waals surface area contributed by atoms with Gasteiger partial charge in [-0.3, -0.25) is 14.7 Å². The molecule has 2 aromatic heterocycles. The summed E-state index contributed by atoms with van der Waals surface area (Å²) in [7, 11) is 3.37. The number of aromatic nitrogens is 3. The molecule has 3 rings (SSSR count). The van der Waals surface area contributed by atoms with Crippen LogP contribution in [0.25, 0.3) is 0 Å². The van der Waals surface area contributed by atoms with E-state index in [0.29, 0.717) is 17.8 Å². The van der Waals surface area contributed by atoms with E-state index in [4.69, 9.17) is 4.42 Å². The molecular weight excluding hydrogens is 286 g/mol. The highest BCUT2D eigenvalue weighted by molar-refractivity contribution is 5.95. The minimum atomic E-state index is -0.224. The zero-order chi connectivity index (χ0) is 15.7. The second-order valence-electron chi connectivity index (χ2n) is 5.42. The van der Waals surface area contributed by atoms with Crippen molar-refractivity contribution in [3.8, 4) is 0 Å². The van der Waals surface area contributed by atoms with Crippen LogP contribution in [0.3, 0.4) is 0 Å². The monoisotopic (exact) mass is 303 g/mol. The molecular formula is C14H17N5O3. The molecule has 0 saturated carbocycles. The molecule has 1 atom stereocenters. The average molecular weight is 303 g/mol. The van der Waals surface area contributed by atoms with Gasteiger partial charge in [0.25, 0.3) is 11.8 Å². The van der Waals surface area contributed by atoms with Crippen molar-refractivity contribution in [1.29, 1.82) is 0 Å². The van der Waals surface area contributed by atoms with Crippen molar-refractivity contribution in [3.63, 3.8) is 0 Å². The van der Waals surface area contributed by atoms with Crippen molar-refractivity contribution >= 4 is 11.8 Å². The Balaban J connectivity index is 1.90. The largest absolute Gasteiger partial charge is 0.438 e. The zero-order valence-corrected chi connectivity index (χ0v) is 12.4. The van der Waals surface area contributed by atoms with Gasteiger partial charge in [-0.2, -0.15) is 5.10 Å². The molecule has 116 valence electrons. The van der Waals surface area contributed by atoms with E-state index in [2.05, 4.69) is 15.2 Å². The van der Waals surface area contributed by atoms with Crippen LogP contribution in [-0.2, 0) is 0 Å². The van der Waals surface area contributed by atoms with Crippen LogP contribution >= 0.6 is 0 Å². The van der Waals surface area contributed by atoms with Crippen molar-refractivity contribution in [1.82, 2.24) is 25.0 Å². The van der Waals surface area contributed by atoms with Gasteiger partial charge >= 0.3 is 0 Å². The molecule has 2 aromatic rings. The molecule has 1 N–H and O–H groups in total. The standard InChI is InChI=1S/C14H17N5O3/c1-18(2)13(20)9-6-16-17-12(9)10-4-3-5-19(10)14(21)11-7-15-8-22-11/h6-8,10H,3-5H2,1-2H3,(H,16,17). The number of likely N-dealkylation sites (tertiary alicyclic amines) is 1. The number of rotatable bonds is 3. The van der Waals surface area contributed by atoms with E-state index in [-0.39, 0.29) is 23.6 Å². The number of aromatic amines is 1. The summed E-state index contributed by atoms with van der Waals surface area (Å²) in [5, 5.41) is 6.86. The maximum atomic E-state index is 12.5. The third kappa shape index (κ3) is 2.36. The molecule has 1 unspecified atom stereocenters. The van der Waals surface area contributed by atoms with Crippen molar-refractivity contribution < 1.29 is 14.0 Å². The second kappa shape index (κ2) is 5.63. The Labute approximate surface area is 127 Å². The molecule has 0 bridgehead atoms. The third-order valence-corrected chi connectivity index (χ3v) is 3.80. The Morgan fingerprint density at radius 3 is 2.91 bits per heavy atom. The number of oxazole rings is 1. The van der Waals surface area contributed by atoms with Gasteiger partial charge in [-0.25, -0.2) is 4.98 Å². The van der Waals surface area contributed by atoms with E-state index in [0.717, 1.165) is 12.8 Å². The lowest BCUT2D eigenvalue weighted by Gasteiger charge is -2.24. The molecule has 0 radical (unpaired) electrons. The number of amides is 2. The first-order chi connectivity index (χ1) is 10.6. The van der Waals surface area contributed by atoms with Crippen LogP contribution < -0.4 is 0 Å². The molecule has 0 aromatic carbocycles. The molecule has 1 saturated heterocycles. The van der Waals surface area contributed by atoms with Crippen LogP contribution in [0.15, 0.2) is 23.2 Å². The van der Waals surface area contributed by atoms with E-state index in [1.807, 2.05) is 0 Å². The van der Waals surface area contributed by atoms with Gasteiger partial charge in [-0.05, 0) is 12.8 Å². The summed E-state index contributed by atoms with van der Waals surface area (Å²) >= 11 is 0. The number of hydrogen-bond donors (Lipinski definition) is 1. The lowest BCUT2D eigenvalue weighted by Crippen LogP contribution is -2.32. The Morgan fingerprint density at radius 1 is 1.41 bits per heavy atom. The van der Waals surface area contributed by atoms with E-state index >= 15 is 0 Å². The molecule has 3 heterocycles. The van der Waals surface area contributed by atoms with Crippen molar-refractivity contribution in [2.45, 2.75) is 18.9 Å². The smallest absolute Gasteiger partial charge is 0.291 e. The first kappa shape index (κ1) is 14.3. The Bertz CT molecular complexity index is 676. The molecule has 1 aliphatic heterocycles. The molecule has 22 heavy (non-hydrogen) atoms. The minimum absolute atomic E-state index is 0.136. The Hall–Kier alpha value is -2.64. The summed E-state index contributed by atoms with van der Waals surface area (Å²) in [6, 6.07) is -0.209. The van der Waals surface area contributed by atoms with Gasteiger partial charge in [0.1, 0.15) is 0 Å². The van der Waals surface area contributed by atoms with Crippen LogP contribution in [0.4, 0.5) is 0 Å². The lowest BCUT2D eigenvalue weighted by molar-refractivity contribution is 0.0694. The van der Waals surface area contributed by atoms with Crippen LogP contribution in [0.2, 0.25) is 0 Å². The van der Waals surface area contributed by atoms with Gasteiger partial charge in [0.2, 0.25) is 5.76 Å². The second-order valence-corrected chi connectivity index (χ2v) is 5.42. The van der Waals surface area contributed by atoms with Crippen molar-refractivity contribution in [2.75, 3.05) is 20.6 Å². The quantitative estimate of drug-likeness (QED) is 0.915. The lowest BCUT2D eigenvalue weighted by atomic mass is 10.1. The van der Waals surface area contributed by atoms with E-state index in [1.165, 1.54) is 23.7 Å².